The second-order valence-corrected chi connectivity index (χ2v) is 6.28. The second-order valence-electron chi connectivity index (χ2n) is 4.94. The normalized spacial score (nSPS) is 19.1. The van der Waals surface area contributed by atoms with Gasteiger partial charge in [-0.15, -0.1) is 11.8 Å². The van der Waals surface area contributed by atoms with Crippen molar-refractivity contribution in [2.24, 2.45) is 5.92 Å². The standard InChI is InChI=1S/C14H21NS/c1-11(2)10-15-8-7-13-9-12-5-3-4-6-14(12)16-13/h3-6,11,13,15H,7-10H2,1-2H3. The van der Waals surface area contributed by atoms with Gasteiger partial charge in [-0.3, -0.25) is 0 Å². The van der Waals surface area contributed by atoms with Gasteiger partial charge in [-0.1, -0.05) is 32.0 Å². The van der Waals surface area contributed by atoms with Crippen LogP contribution in [0.5, 0.6) is 0 Å². The van der Waals surface area contributed by atoms with Crippen LogP contribution in [0.1, 0.15) is 25.8 Å². The van der Waals surface area contributed by atoms with Crippen LogP contribution in [0.4, 0.5) is 0 Å². The van der Waals surface area contributed by atoms with Crippen LogP contribution in [-0.4, -0.2) is 18.3 Å². The third-order valence-corrected chi connectivity index (χ3v) is 4.30. The van der Waals surface area contributed by atoms with Crippen molar-refractivity contribution in [1.29, 1.82) is 0 Å². The highest BCUT2D eigenvalue weighted by molar-refractivity contribution is 8.00. The van der Waals surface area contributed by atoms with Crippen LogP contribution in [0.15, 0.2) is 29.2 Å². The van der Waals surface area contributed by atoms with Crippen molar-refractivity contribution in [1.82, 2.24) is 5.32 Å². The highest BCUT2D eigenvalue weighted by Gasteiger charge is 2.20. The van der Waals surface area contributed by atoms with Gasteiger partial charge in [0.2, 0.25) is 0 Å². The van der Waals surface area contributed by atoms with E-state index in [1.54, 1.807) is 5.56 Å². The number of benzene rings is 1. The van der Waals surface area contributed by atoms with Crippen molar-refractivity contribution in [3.05, 3.63) is 29.8 Å². The van der Waals surface area contributed by atoms with Gasteiger partial charge in [0.15, 0.2) is 0 Å². The van der Waals surface area contributed by atoms with Crippen molar-refractivity contribution >= 4 is 11.8 Å². The van der Waals surface area contributed by atoms with Gasteiger partial charge in [0.25, 0.3) is 0 Å². The molecule has 0 radical (unpaired) electrons. The first-order valence-corrected chi connectivity index (χ1v) is 7.09. The van der Waals surface area contributed by atoms with Crippen molar-refractivity contribution in [3.63, 3.8) is 0 Å². The maximum Gasteiger partial charge on any atom is 0.0147 e. The zero-order valence-corrected chi connectivity index (χ0v) is 11.0. The first-order chi connectivity index (χ1) is 7.75. The summed E-state index contributed by atoms with van der Waals surface area (Å²) in [6.07, 6.45) is 2.54. The molecule has 0 aliphatic carbocycles. The van der Waals surface area contributed by atoms with Crippen molar-refractivity contribution in [3.8, 4) is 0 Å². The third kappa shape index (κ3) is 3.26. The Balaban J connectivity index is 1.71. The minimum atomic E-state index is 0.758. The molecule has 1 aromatic carbocycles. The monoisotopic (exact) mass is 235 g/mol. The smallest absolute Gasteiger partial charge is 0.0147 e. The Bertz CT molecular complexity index is 310. The Kier molecular flexibility index (Phi) is 4.30. The van der Waals surface area contributed by atoms with Gasteiger partial charge < -0.3 is 5.32 Å². The Labute approximate surface area is 103 Å². The van der Waals surface area contributed by atoms with Crippen LogP contribution in [-0.2, 0) is 6.42 Å². The molecule has 2 rings (SSSR count). The van der Waals surface area contributed by atoms with Crippen molar-refractivity contribution < 1.29 is 0 Å². The van der Waals surface area contributed by atoms with E-state index in [-0.39, 0.29) is 0 Å². The zero-order valence-electron chi connectivity index (χ0n) is 10.2. The molecule has 1 N–H and O–H groups in total. The molecule has 1 aromatic rings. The molecule has 88 valence electrons. The van der Waals surface area contributed by atoms with E-state index in [9.17, 15) is 0 Å². The van der Waals surface area contributed by atoms with Crippen LogP contribution in [0, 0.1) is 5.92 Å². The van der Waals surface area contributed by atoms with Gasteiger partial charge in [0.05, 0.1) is 0 Å². The van der Waals surface area contributed by atoms with E-state index in [1.165, 1.54) is 17.7 Å². The van der Waals surface area contributed by atoms with Crippen LogP contribution in [0.2, 0.25) is 0 Å². The Morgan fingerprint density at radius 3 is 2.94 bits per heavy atom. The van der Waals surface area contributed by atoms with Crippen LogP contribution in [0.25, 0.3) is 0 Å². The maximum absolute atomic E-state index is 3.53. The van der Waals surface area contributed by atoms with E-state index < -0.39 is 0 Å². The van der Waals surface area contributed by atoms with Gasteiger partial charge >= 0.3 is 0 Å². The number of hydrogen-bond donors (Lipinski definition) is 1. The van der Waals surface area contributed by atoms with Crippen molar-refractivity contribution in [2.75, 3.05) is 13.1 Å². The minimum absolute atomic E-state index is 0.758. The SMILES string of the molecule is CC(C)CNCCC1Cc2ccccc2S1. The lowest BCUT2D eigenvalue weighted by atomic mass is 10.1. The molecule has 0 saturated heterocycles. The molecule has 0 bridgehead atoms. The summed E-state index contributed by atoms with van der Waals surface area (Å²) >= 11 is 2.05. The number of hydrogen-bond acceptors (Lipinski definition) is 2. The third-order valence-electron chi connectivity index (χ3n) is 2.91. The summed E-state index contributed by atoms with van der Waals surface area (Å²) in [7, 11) is 0. The second kappa shape index (κ2) is 5.74. The first-order valence-electron chi connectivity index (χ1n) is 6.21. The quantitative estimate of drug-likeness (QED) is 0.786. The summed E-state index contributed by atoms with van der Waals surface area (Å²) in [6, 6.07) is 8.81. The van der Waals surface area contributed by atoms with Crippen LogP contribution in [0.3, 0.4) is 0 Å². The fourth-order valence-corrected chi connectivity index (χ4v) is 3.39. The predicted octanol–water partition coefficient (Wildman–Crippen LogP) is 3.34. The molecule has 0 spiro atoms. The van der Waals surface area contributed by atoms with Crippen LogP contribution < -0.4 is 5.32 Å². The van der Waals surface area contributed by atoms with Gasteiger partial charge in [0.1, 0.15) is 0 Å². The zero-order chi connectivity index (χ0) is 11.4. The lowest BCUT2D eigenvalue weighted by Gasteiger charge is -2.10. The average molecular weight is 235 g/mol. The van der Waals surface area contributed by atoms with E-state index >= 15 is 0 Å². The molecule has 16 heavy (non-hydrogen) atoms. The Morgan fingerprint density at radius 1 is 1.38 bits per heavy atom. The molecule has 0 aromatic heterocycles. The highest BCUT2D eigenvalue weighted by Crippen LogP contribution is 2.37. The van der Waals surface area contributed by atoms with E-state index in [4.69, 9.17) is 0 Å². The van der Waals surface area contributed by atoms with Gasteiger partial charge in [-0.25, -0.2) is 0 Å². The molecule has 1 aliphatic heterocycles. The molecule has 1 aliphatic rings. The summed E-state index contributed by atoms with van der Waals surface area (Å²) < 4.78 is 0. The molecule has 2 heteroatoms. The molecule has 0 saturated carbocycles. The van der Waals surface area contributed by atoms with E-state index in [0.717, 1.165) is 24.3 Å². The predicted molar refractivity (Wildman–Crippen MR) is 72.1 cm³/mol. The number of fused-ring (bicyclic) bond motifs is 1. The van der Waals surface area contributed by atoms with E-state index in [2.05, 4.69) is 55.2 Å². The Hall–Kier alpha value is -0.470. The van der Waals surface area contributed by atoms with E-state index in [1.807, 2.05) is 0 Å². The van der Waals surface area contributed by atoms with Gasteiger partial charge in [-0.2, -0.15) is 0 Å². The maximum atomic E-state index is 3.53. The Morgan fingerprint density at radius 2 is 2.19 bits per heavy atom. The van der Waals surface area contributed by atoms with Gasteiger partial charge in [0, 0.05) is 10.1 Å². The lowest BCUT2D eigenvalue weighted by Crippen LogP contribution is -2.23. The highest BCUT2D eigenvalue weighted by atomic mass is 32.2. The first kappa shape index (κ1) is 12.0. The minimum Gasteiger partial charge on any atom is -0.316 e. The number of nitrogens with one attached hydrogen (secondary N) is 1. The number of rotatable bonds is 5. The topological polar surface area (TPSA) is 12.0 Å². The molecule has 1 heterocycles. The molecule has 0 amide bonds. The fraction of sp³-hybridized carbons (Fsp3) is 0.571. The lowest BCUT2D eigenvalue weighted by molar-refractivity contribution is 0.539. The molecular formula is C14H21NS. The van der Waals surface area contributed by atoms with Crippen LogP contribution >= 0.6 is 11.8 Å². The molecule has 1 atom stereocenters. The fourth-order valence-electron chi connectivity index (χ4n) is 2.07. The summed E-state index contributed by atoms with van der Waals surface area (Å²) in [5.41, 5.74) is 1.54. The van der Waals surface area contributed by atoms with E-state index in [0.29, 0.717) is 0 Å². The average Bonchev–Trinajstić information content (AvgIpc) is 2.66. The summed E-state index contributed by atoms with van der Waals surface area (Å²) in [4.78, 5) is 1.50. The van der Waals surface area contributed by atoms with Crippen molar-refractivity contribution in [2.45, 2.75) is 36.8 Å². The largest absolute Gasteiger partial charge is 0.316 e. The number of thioether (sulfide) groups is 1. The summed E-state index contributed by atoms with van der Waals surface area (Å²) in [5, 5.41) is 4.31. The molecular weight excluding hydrogens is 214 g/mol. The van der Waals surface area contributed by atoms with Gasteiger partial charge in [-0.05, 0) is 43.5 Å². The molecule has 1 nitrogen and oxygen atoms in total. The summed E-state index contributed by atoms with van der Waals surface area (Å²) in [5.74, 6) is 0.758. The summed E-state index contributed by atoms with van der Waals surface area (Å²) in [6.45, 7) is 6.81. The molecule has 1 unspecified atom stereocenters. The molecule has 0 fully saturated rings.